The van der Waals surface area contributed by atoms with Crippen LogP contribution in [0.3, 0.4) is 0 Å². The van der Waals surface area contributed by atoms with Crippen molar-refractivity contribution in [3.05, 3.63) is 40.8 Å². The van der Waals surface area contributed by atoms with Gasteiger partial charge in [0.15, 0.2) is 23.0 Å². The van der Waals surface area contributed by atoms with Gasteiger partial charge in [0.1, 0.15) is 13.2 Å². The predicted octanol–water partition coefficient (Wildman–Crippen LogP) is 2.58. The molecule has 0 saturated heterocycles. The number of nitrogens with zero attached hydrogens (tertiary/aromatic N) is 2. The van der Waals surface area contributed by atoms with Crippen LogP contribution in [0, 0.1) is 0 Å². The Labute approximate surface area is 148 Å². The molecular weight excluding hydrogens is 336 g/mol. The number of fused-ring (bicyclic) bond motifs is 3. The number of aromatic nitrogens is 2. The highest BCUT2D eigenvalue weighted by Crippen LogP contribution is 2.40. The van der Waals surface area contributed by atoms with Gasteiger partial charge in [-0.15, -0.1) is 0 Å². The summed E-state index contributed by atoms with van der Waals surface area (Å²) in [5.74, 6) is 2.64. The van der Waals surface area contributed by atoms with Crippen LogP contribution in [0.15, 0.2) is 35.1 Å². The molecule has 5 rings (SSSR count). The Morgan fingerprint density at radius 1 is 0.962 bits per heavy atom. The van der Waals surface area contributed by atoms with E-state index in [0.717, 1.165) is 16.5 Å². The molecule has 0 bridgehead atoms. The minimum absolute atomic E-state index is 0.175. The highest BCUT2D eigenvalue weighted by atomic mass is 16.7. The summed E-state index contributed by atoms with van der Waals surface area (Å²) in [6, 6.07) is 9.30. The van der Waals surface area contributed by atoms with Crippen LogP contribution in [0.2, 0.25) is 0 Å². The van der Waals surface area contributed by atoms with Crippen molar-refractivity contribution < 1.29 is 18.9 Å². The summed E-state index contributed by atoms with van der Waals surface area (Å²) in [5.41, 5.74) is 1.84. The summed E-state index contributed by atoms with van der Waals surface area (Å²) in [4.78, 5) is 16.9. The summed E-state index contributed by atoms with van der Waals surface area (Å²) in [6.07, 6.45) is 0. The van der Waals surface area contributed by atoms with Gasteiger partial charge in [-0.2, -0.15) is 4.98 Å². The van der Waals surface area contributed by atoms with Gasteiger partial charge in [-0.1, -0.05) is 0 Å². The topological polar surface area (TPSA) is 71.8 Å². The number of rotatable bonds is 2. The standard InChI is InChI=1S/C19H16N2O5/c1-2-21-13-9-17-16(25-10-26-17)8-12(13)18(20-19(21)22)11-3-4-14-15(7-11)24-6-5-23-14/h3-4,7-9H,2,5-6,10H2,1H3. The van der Waals surface area contributed by atoms with E-state index in [4.69, 9.17) is 18.9 Å². The molecular formula is C19H16N2O5. The fourth-order valence-electron chi connectivity index (χ4n) is 3.38. The molecule has 0 aliphatic carbocycles. The molecule has 0 amide bonds. The van der Waals surface area contributed by atoms with Crippen LogP contribution >= 0.6 is 0 Å². The van der Waals surface area contributed by atoms with Gasteiger partial charge in [0.05, 0.1) is 11.2 Å². The van der Waals surface area contributed by atoms with Gasteiger partial charge >= 0.3 is 5.69 Å². The summed E-state index contributed by atoms with van der Waals surface area (Å²) in [6.45, 7) is 3.64. The SMILES string of the molecule is CCn1c(=O)nc(-c2ccc3c(c2)OCCO3)c2cc3c(cc21)OCO3. The first-order chi connectivity index (χ1) is 12.7. The van der Waals surface area contributed by atoms with E-state index in [-0.39, 0.29) is 12.5 Å². The fourth-order valence-corrected chi connectivity index (χ4v) is 3.38. The Balaban J connectivity index is 1.79. The number of aryl methyl sites for hydroxylation is 1. The van der Waals surface area contributed by atoms with Gasteiger partial charge < -0.3 is 18.9 Å². The molecule has 132 valence electrons. The molecule has 26 heavy (non-hydrogen) atoms. The molecule has 0 saturated carbocycles. The maximum atomic E-state index is 12.6. The molecule has 2 aliphatic rings. The maximum Gasteiger partial charge on any atom is 0.348 e. The zero-order valence-corrected chi connectivity index (χ0v) is 14.2. The monoisotopic (exact) mass is 352 g/mol. The summed E-state index contributed by atoms with van der Waals surface area (Å²) >= 11 is 0. The van der Waals surface area contributed by atoms with Gasteiger partial charge in [0.25, 0.3) is 0 Å². The van der Waals surface area contributed by atoms with E-state index in [1.54, 1.807) is 4.57 Å². The highest BCUT2D eigenvalue weighted by Gasteiger charge is 2.21. The van der Waals surface area contributed by atoms with Crippen molar-refractivity contribution in [3.8, 4) is 34.3 Å². The zero-order valence-electron chi connectivity index (χ0n) is 14.2. The van der Waals surface area contributed by atoms with E-state index in [1.807, 2.05) is 37.3 Å². The van der Waals surface area contributed by atoms with Crippen LogP contribution in [0.25, 0.3) is 22.2 Å². The maximum absolute atomic E-state index is 12.6. The van der Waals surface area contributed by atoms with Gasteiger partial charge in [-0.05, 0) is 31.2 Å². The average molecular weight is 352 g/mol. The summed E-state index contributed by atoms with van der Waals surface area (Å²) in [7, 11) is 0. The molecule has 1 aromatic heterocycles. The molecule has 0 radical (unpaired) electrons. The third kappa shape index (κ3) is 2.20. The normalized spacial score (nSPS) is 14.7. The van der Waals surface area contributed by atoms with Crippen molar-refractivity contribution in [1.82, 2.24) is 9.55 Å². The number of hydrogen-bond donors (Lipinski definition) is 0. The molecule has 7 nitrogen and oxygen atoms in total. The second kappa shape index (κ2) is 5.66. The smallest absolute Gasteiger partial charge is 0.348 e. The van der Waals surface area contributed by atoms with Crippen molar-refractivity contribution in [2.24, 2.45) is 0 Å². The predicted molar refractivity (Wildman–Crippen MR) is 94.2 cm³/mol. The van der Waals surface area contributed by atoms with Crippen molar-refractivity contribution in [2.45, 2.75) is 13.5 Å². The van der Waals surface area contributed by atoms with E-state index in [1.165, 1.54) is 0 Å². The summed E-state index contributed by atoms with van der Waals surface area (Å²) in [5, 5.41) is 0.826. The third-order valence-electron chi connectivity index (χ3n) is 4.61. The first kappa shape index (κ1) is 15.1. The second-order valence-electron chi connectivity index (χ2n) is 6.07. The molecule has 2 aromatic carbocycles. The molecule has 7 heteroatoms. The fraction of sp³-hybridized carbons (Fsp3) is 0.263. The minimum Gasteiger partial charge on any atom is -0.486 e. The van der Waals surface area contributed by atoms with Gasteiger partial charge in [0.2, 0.25) is 6.79 Å². The Morgan fingerprint density at radius 2 is 1.69 bits per heavy atom. The summed E-state index contributed by atoms with van der Waals surface area (Å²) < 4.78 is 23.8. The van der Waals surface area contributed by atoms with Crippen molar-refractivity contribution in [1.29, 1.82) is 0 Å². The lowest BCUT2D eigenvalue weighted by Gasteiger charge is -2.19. The second-order valence-corrected chi connectivity index (χ2v) is 6.07. The Morgan fingerprint density at radius 3 is 2.50 bits per heavy atom. The molecule has 3 aromatic rings. The number of benzene rings is 2. The molecule has 0 atom stereocenters. The van der Waals surface area contributed by atoms with Crippen LogP contribution in [0.4, 0.5) is 0 Å². The highest BCUT2D eigenvalue weighted by molar-refractivity contribution is 5.95. The Bertz CT molecular complexity index is 1090. The molecule has 0 unspecified atom stereocenters. The van der Waals surface area contributed by atoms with Crippen molar-refractivity contribution in [2.75, 3.05) is 20.0 Å². The molecule has 0 spiro atoms. The molecule has 3 heterocycles. The van der Waals surface area contributed by atoms with Gasteiger partial charge in [0, 0.05) is 23.6 Å². The third-order valence-corrected chi connectivity index (χ3v) is 4.61. The number of ether oxygens (including phenoxy) is 4. The largest absolute Gasteiger partial charge is 0.486 e. The average Bonchev–Trinajstić information content (AvgIpc) is 3.13. The Kier molecular flexibility index (Phi) is 3.28. The molecule has 0 N–H and O–H groups in total. The molecule has 0 fully saturated rings. The lowest BCUT2D eigenvalue weighted by atomic mass is 10.0. The zero-order chi connectivity index (χ0) is 17.7. The van der Waals surface area contributed by atoms with Crippen LogP contribution in [-0.2, 0) is 6.54 Å². The lowest BCUT2D eigenvalue weighted by Crippen LogP contribution is -2.23. The van der Waals surface area contributed by atoms with E-state index in [0.29, 0.717) is 48.5 Å². The lowest BCUT2D eigenvalue weighted by molar-refractivity contribution is 0.171. The van der Waals surface area contributed by atoms with Crippen LogP contribution in [-0.4, -0.2) is 29.6 Å². The van der Waals surface area contributed by atoms with Gasteiger partial charge in [-0.25, -0.2) is 4.79 Å². The van der Waals surface area contributed by atoms with Crippen molar-refractivity contribution in [3.63, 3.8) is 0 Å². The Hall–Kier alpha value is -3.22. The van der Waals surface area contributed by atoms with E-state index < -0.39 is 0 Å². The van der Waals surface area contributed by atoms with E-state index in [2.05, 4.69) is 4.98 Å². The first-order valence-electron chi connectivity index (χ1n) is 8.49. The van der Waals surface area contributed by atoms with Crippen molar-refractivity contribution >= 4 is 10.9 Å². The minimum atomic E-state index is -0.302. The van der Waals surface area contributed by atoms with E-state index >= 15 is 0 Å². The quantitative estimate of drug-likeness (QED) is 0.706. The first-order valence-corrected chi connectivity index (χ1v) is 8.49. The van der Waals surface area contributed by atoms with Gasteiger partial charge in [-0.3, -0.25) is 4.57 Å². The molecule has 2 aliphatic heterocycles. The van der Waals surface area contributed by atoms with Crippen LogP contribution in [0.5, 0.6) is 23.0 Å². The van der Waals surface area contributed by atoms with E-state index in [9.17, 15) is 4.79 Å². The van der Waals surface area contributed by atoms with Crippen LogP contribution < -0.4 is 24.6 Å². The van der Waals surface area contributed by atoms with Crippen LogP contribution in [0.1, 0.15) is 6.92 Å². The number of hydrogen-bond acceptors (Lipinski definition) is 6.